The van der Waals surface area contributed by atoms with Crippen LogP contribution in [0, 0.1) is 6.92 Å². The van der Waals surface area contributed by atoms with Crippen LogP contribution in [-0.4, -0.2) is 43.0 Å². The first-order chi connectivity index (χ1) is 15.5. The van der Waals surface area contributed by atoms with Crippen molar-refractivity contribution in [1.82, 2.24) is 10.2 Å². The van der Waals surface area contributed by atoms with E-state index in [9.17, 15) is 9.59 Å². The van der Waals surface area contributed by atoms with Crippen LogP contribution in [0.4, 0.5) is 0 Å². The molecule has 164 valence electrons. The molecule has 0 aliphatic carbocycles. The molecule has 2 amide bonds. The molecule has 6 nitrogen and oxygen atoms in total. The number of morpholine rings is 1. The first-order valence-electron chi connectivity index (χ1n) is 10.3. The Bertz CT molecular complexity index is 1130. The molecule has 1 N–H and O–H groups in total. The Kier molecular flexibility index (Phi) is 6.73. The first kappa shape index (κ1) is 21.9. The average Bonchev–Trinajstić information content (AvgIpc) is 3.28. The highest BCUT2D eigenvalue weighted by Gasteiger charge is 2.23. The van der Waals surface area contributed by atoms with Gasteiger partial charge in [0.2, 0.25) is 0 Å². The van der Waals surface area contributed by atoms with Gasteiger partial charge in [-0.25, -0.2) is 0 Å². The van der Waals surface area contributed by atoms with E-state index in [1.54, 1.807) is 41.3 Å². The second kappa shape index (κ2) is 9.85. The number of halogens is 1. The lowest BCUT2D eigenvalue weighted by Crippen LogP contribution is -2.44. The summed E-state index contributed by atoms with van der Waals surface area (Å²) < 4.78 is 11.3. The molecule has 1 saturated heterocycles. The van der Waals surface area contributed by atoms with Gasteiger partial charge < -0.3 is 19.4 Å². The van der Waals surface area contributed by atoms with Gasteiger partial charge in [-0.1, -0.05) is 29.3 Å². The number of nitrogens with zero attached hydrogens (tertiary/aromatic N) is 1. The van der Waals surface area contributed by atoms with Gasteiger partial charge in [0.25, 0.3) is 11.8 Å². The maximum atomic E-state index is 13.2. The zero-order chi connectivity index (χ0) is 22.5. The zero-order valence-electron chi connectivity index (χ0n) is 17.6. The van der Waals surface area contributed by atoms with E-state index in [0.717, 1.165) is 11.1 Å². The zero-order valence-corrected chi connectivity index (χ0v) is 18.4. The highest BCUT2D eigenvalue weighted by Crippen LogP contribution is 2.25. The number of carbonyl (C=O) groups is 2. The third-order valence-electron chi connectivity index (χ3n) is 5.13. The van der Waals surface area contributed by atoms with Crippen LogP contribution < -0.4 is 5.32 Å². The Morgan fingerprint density at radius 1 is 0.969 bits per heavy atom. The maximum Gasteiger partial charge on any atom is 0.270 e. The third kappa shape index (κ3) is 5.28. The molecule has 2 heterocycles. The van der Waals surface area contributed by atoms with Crippen LogP contribution in [0.1, 0.15) is 21.7 Å². The van der Waals surface area contributed by atoms with E-state index in [4.69, 9.17) is 20.8 Å². The molecular formula is C25H23ClN2O4. The van der Waals surface area contributed by atoms with Gasteiger partial charge in [0, 0.05) is 35.3 Å². The molecule has 0 bridgehead atoms. The topological polar surface area (TPSA) is 71.8 Å². The summed E-state index contributed by atoms with van der Waals surface area (Å²) in [4.78, 5) is 27.6. The minimum absolute atomic E-state index is 0.148. The van der Waals surface area contributed by atoms with Gasteiger partial charge in [0.05, 0.1) is 13.2 Å². The van der Waals surface area contributed by atoms with Crippen LogP contribution in [0.5, 0.6) is 0 Å². The fraction of sp³-hybridized carbons (Fsp3) is 0.200. The van der Waals surface area contributed by atoms with E-state index in [2.05, 4.69) is 5.32 Å². The Labute approximate surface area is 191 Å². The molecule has 0 atom stereocenters. The molecule has 3 aromatic rings. The number of hydrogen-bond acceptors (Lipinski definition) is 4. The number of carbonyl (C=O) groups excluding carboxylic acids is 2. The lowest BCUT2D eigenvalue weighted by Gasteiger charge is -2.27. The van der Waals surface area contributed by atoms with E-state index in [1.807, 2.05) is 37.3 Å². The summed E-state index contributed by atoms with van der Waals surface area (Å²) in [7, 11) is 0. The summed E-state index contributed by atoms with van der Waals surface area (Å²) in [5.41, 5.74) is 2.53. The molecule has 0 unspecified atom stereocenters. The molecule has 32 heavy (non-hydrogen) atoms. The molecule has 0 spiro atoms. The number of furan rings is 1. The van der Waals surface area contributed by atoms with Crippen molar-refractivity contribution in [2.24, 2.45) is 0 Å². The highest BCUT2D eigenvalue weighted by atomic mass is 35.5. The fourth-order valence-corrected chi connectivity index (χ4v) is 3.46. The van der Waals surface area contributed by atoms with Crippen molar-refractivity contribution in [3.8, 4) is 11.3 Å². The molecular weight excluding hydrogens is 428 g/mol. The molecule has 1 aromatic heterocycles. The van der Waals surface area contributed by atoms with Crippen molar-refractivity contribution in [2.75, 3.05) is 26.3 Å². The van der Waals surface area contributed by atoms with Gasteiger partial charge in [0.1, 0.15) is 17.2 Å². The summed E-state index contributed by atoms with van der Waals surface area (Å²) in [6.07, 6.45) is 1.56. The van der Waals surface area contributed by atoms with Gasteiger partial charge in [-0.3, -0.25) is 9.59 Å². The average molecular weight is 451 g/mol. The number of nitrogens with one attached hydrogen (secondary N) is 1. The summed E-state index contributed by atoms with van der Waals surface area (Å²) in [6.45, 7) is 3.80. The minimum Gasteiger partial charge on any atom is -0.457 e. The predicted octanol–water partition coefficient (Wildman–Crippen LogP) is 4.54. The quantitative estimate of drug-likeness (QED) is 0.579. The summed E-state index contributed by atoms with van der Waals surface area (Å²) >= 11 is 5.96. The summed E-state index contributed by atoms with van der Waals surface area (Å²) in [5, 5.41) is 3.40. The van der Waals surface area contributed by atoms with Gasteiger partial charge in [-0.2, -0.15) is 0 Å². The smallest absolute Gasteiger partial charge is 0.270 e. The maximum absolute atomic E-state index is 13.2. The lowest BCUT2D eigenvalue weighted by molar-refractivity contribution is -0.131. The SMILES string of the molecule is Cc1ccc(C(=O)N/C(=C\c2ccc(-c3ccc(Cl)cc3)o2)C(=O)N2CCOCC2)cc1. The number of amides is 2. The van der Waals surface area contributed by atoms with E-state index in [0.29, 0.717) is 48.4 Å². The van der Waals surface area contributed by atoms with Crippen LogP contribution in [0.25, 0.3) is 17.4 Å². The van der Waals surface area contributed by atoms with E-state index < -0.39 is 0 Å². The van der Waals surface area contributed by atoms with Gasteiger partial charge in [-0.15, -0.1) is 0 Å². The van der Waals surface area contributed by atoms with Crippen LogP contribution in [0.3, 0.4) is 0 Å². The number of aryl methyl sites for hydroxylation is 1. The standard InChI is InChI=1S/C25H23ClN2O4/c1-17-2-4-19(5-3-17)24(29)27-22(25(30)28-12-14-31-15-13-28)16-21-10-11-23(32-21)18-6-8-20(26)9-7-18/h2-11,16H,12-15H2,1H3,(H,27,29)/b22-16-. The minimum atomic E-state index is -0.359. The molecule has 1 fully saturated rings. The van der Waals surface area contributed by atoms with Gasteiger partial charge in [-0.05, 0) is 55.5 Å². The van der Waals surface area contributed by atoms with E-state index >= 15 is 0 Å². The molecule has 4 rings (SSSR count). The number of rotatable bonds is 5. The van der Waals surface area contributed by atoms with Crippen molar-refractivity contribution in [1.29, 1.82) is 0 Å². The fourth-order valence-electron chi connectivity index (χ4n) is 3.33. The number of ether oxygens (including phenoxy) is 1. The summed E-state index contributed by atoms with van der Waals surface area (Å²) in [5.74, 6) is 0.451. The normalized spacial score (nSPS) is 14.3. The predicted molar refractivity (Wildman–Crippen MR) is 123 cm³/mol. The first-order valence-corrected chi connectivity index (χ1v) is 10.7. The third-order valence-corrected chi connectivity index (χ3v) is 5.38. The second-order valence-electron chi connectivity index (χ2n) is 7.49. The van der Waals surface area contributed by atoms with Crippen LogP contribution in [0.2, 0.25) is 5.02 Å². The van der Waals surface area contributed by atoms with E-state index in [1.165, 1.54) is 0 Å². The molecule has 1 aliphatic heterocycles. The van der Waals surface area contributed by atoms with Crippen molar-refractivity contribution in [2.45, 2.75) is 6.92 Å². The highest BCUT2D eigenvalue weighted by molar-refractivity contribution is 6.30. The molecule has 0 radical (unpaired) electrons. The van der Waals surface area contributed by atoms with Gasteiger partial charge in [0.15, 0.2) is 0 Å². The Morgan fingerprint density at radius 2 is 1.66 bits per heavy atom. The molecule has 7 heteroatoms. The molecule has 2 aromatic carbocycles. The monoisotopic (exact) mass is 450 g/mol. The van der Waals surface area contributed by atoms with Crippen molar-refractivity contribution < 1.29 is 18.7 Å². The Balaban J connectivity index is 1.61. The summed E-state index contributed by atoms with van der Waals surface area (Å²) in [6, 6.07) is 18.0. The molecule has 0 saturated carbocycles. The Hall–Kier alpha value is -3.35. The Morgan fingerprint density at radius 3 is 2.34 bits per heavy atom. The van der Waals surface area contributed by atoms with Crippen molar-refractivity contribution in [3.63, 3.8) is 0 Å². The number of benzene rings is 2. The number of hydrogen-bond donors (Lipinski definition) is 1. The van der Waals surface area contributed by atoms with Crippen molar-refractivity contribution in [3.05, 3.63) is 88.3 Å². The second-order valence-corrected chi connectivity index (χ2v) is 7.93. The molecule has 1 aliphatic rings. The largest absolute Gasteiger partial charge is 0.457 e. The van der Waals surface area contributed by atoms with E-state index in [-0.39, 0.29) is 17.5 Å². The van der Waals surface area contributed by atoms with Gasteiger partial charge >= 0.3 is 0 Å². The van der Waals surface area contributed by atoms with Crippen LogP contribution in [-0.2, 0) is 9.53 Å². The van der Waals surface area contributed by atoms with Crippen LogP contribution in [0.15, 0.2) is 70.8 Å². The van der Waals surface area contributed by atoms with Crippen LogP contribution >= 0.6 is 11.6 Å². The van der Waals surface area contributed by atoms with Crippen molar-refractivity contribution >= 4 is 29.5 Å². The lowest BCUT2D eigenvalue weighted by atomic mass is 10.1.